The maximum absolute atomic E-state index is 10.9. The van der Waals surface area contributed by atoms with E-state index in [1.807, 2.05) is 36.4 Å². The molecule has 0 heterocycles. The Morgan fingerprint density at radius 2 is 2.00 bits per heavy atom. The predicted molar refractivity (Wildman–Crippen MR) is 78.7 cm³/mol. The lowest BCUT2D eigenvalue weighted by molar-refractivity contribution is -0.0190. The molecule has 0 fully saturated rings. The molecule has 1 aromatic rings. The molecule has 0 radical (unpaired) electrons. The van der Waals surface area contributed by atoms with Crippen LogP contribution in [0.1, 0.15) is 30.7 Å². The zero-order valence-corrected chi connectivity index (χ0v) is 12.0. The first-order valence-electron chi connectivity index (χ1n) is 7.00. The van der Waals surface area contributed by atoms with Crippen molar-refractivity contribution in [3.8, 4) is 5.75 Å². The molecule has 3 unspecified atom stereocenters. The third kappa shape index (κ3) is 3.03. The van der Waals surface area contributed by atoms with Gasteiger partial charge in [-0.05, 0) is 44.0 Å². The third-order valence-corrected chi connectivity index (χ3v) is 3.98. The van der Waals surface area contributed by atoms with Crippen molar-refractivity contribution in [3.63, 3.8) is 0 Å². The van der Waals surface area contributed by atoms with Gasteiger partial charge < -0.3 is 14.9 Å². The van der Waals surface area contributed by atoms with Gasteiger partial charge >= 0.3 is 0 Å². The van der Waals surface area contributed by atoms with E-state index in [0.29, 0.717) is 6.42 Å². The topological polar surface area (TPSA) is 61.7 Å². The highest BCUT2D eigenvalue weighted by atomic mass is 16.5. The lowest BCUT2D eigenvalue weighted by Gasteiger charge is -2.38. The summed E-state index contributed by atoms with van der Waals surface area (Å²) in [5.41, 5.74) is -0.128. The molecule has 20 heavy (non-hydrogen) atoms. The van der Waals surface area contributed by atoms with Crippen molar-refractivity contribution in [2.45, 2.75) is 37.0 Å². The van der Waals surface area contributed by atoms with Gasteiger partial charge in [-0.1, -0.05) is 24.3 Å². The molecular weight excluding hydrogens is 254 g/mol. The Bertz CT molecular complexity index is 457. The minimum absolute atomic E-state index is 0.407. The molecular formula is C16H23NO3. The second-order valence-electron chi connectivity index (χ2n) is 5.27. The van der Waals surface area contributed by atoms with Gasteiger partial charge in [0.15, 0.2) is 0 Å². The molecule has 2 rings (SSSR count). The molecule has 4 nitrogen and oxygen atoms in total. The summed E-state index contributed by atoms with van der Waals surface area (Å²) in [6.45, 7) is 0. The van der Waals surface area contributed by atoms with Gasteiger partial charge in [-0.25, -0.2) is 0 Å². The Morgan fingerprint density at radius 1 is 1.30 bits per heavy atom. The van der Waals surface area contributed by atoms with Crippen molar-refractivity contribution in [3.05, 3.63) is 42.0 Å². The molecule has 0 saturated heterocycles. The van der Waals surface area contributed by atoms with Crippen molar-refractivity contribution in [2.75, 3.05) is 14.2 Å². The van der Waals surface area contributed by atoms with Crippen LogP contribution in [0.5, 0.6) is 5.75 Å². The molecule has 4 heteroatoms. The van der Waals surface area contributed by atoms with Crippen LogP contribution in [0, 0.1) is 0 Å². The van der Waals surface area contributed by atoms with Gasteiger partial charge in [0.2, 0.25) is 0 Å². The van der Waals surface area contributed by atoms with Gasteiger partial charge in [0.05, 0.1) is 18.6 Å². The average molecular weight is 277 g/mol. The number of methoxy groups -OCH3 is 1. The Kier molecular flexibility index (Phi) is 4.81. The van der Waals surface area contributed by atoms with Crippen LogP contribution in [0.15, 0.2) is 36.4 Å². The number of allylic oxidation sites excluding steroid dienone is 1. The largest absolute Gasteiger partial charge is 0.497 e. The minimum Gasteiger partial charge on any atom is -0.497 e. The summed E-state index contributed by atoms with van der Waals surface area (Å²) < 4.78 is 5.15. The van der Waals surface area contributed by atoms with Crippen LogP contribution in [0.4, 0.5) is 0 Å². The Morgan fingerprint density at radius 3 is 2.50 bits per heavy atom. The molecule has 1 aliphatic rings. The van der Waals surface area contributed by atoms with Crippen LogP contribution in [0.3, 0.4) is 0 Å². The number of aliphatic hydroxyl groups excluding tert-OH is 1. The molecule has 3 N–H and O–H groups in total. The first-order chi connectivity index (χ1) is 9.60. The maximum Gasteiger partial charge on any atom is 0.118 e. The van der Waals surface area contributed by atoms with E-state index in [9.17, 15) is 10.2 Å². The van der Waals surface area contributed by atoms with Gasteiger partial charge in [0, 0.05) is 0 Å². The molecule has 110 valence electrons. The summed E-state index contributed by atoms with van der Waals surface area (Å²) in [6, 6.07) is 7.48. The van der Waals surface area contributed by atoms with E-state index < -0.39 is 17.7 Å². The lowest BCUT2D eigenvalue weighted by atomic mass is 9.75. The SMILES string of the molecule is CNC(O)C(c1ccc(OC)cc1)C1(O)C=CCCC1. The second-order valence-corrected chi connectivity index (χ2v) is 5.27. The highest BCUT2D eigenvalue weighted by Gasteiger charge is 2.40. The molecule has 0 amide bonds. The summed E-state index contributed by atoms with van der Waals surface area (Å²) >= 11 is 0. The van der Waals surface area contributed by atoms with Crippen LogP contribution < -0.4 is 10.1 Å². The Labute approximate surface area is 120 Å². The predicted octanol–water partition coefficient (Wildman–Crippen LogP) is 1.79. The van der Waals surface area contributed by atoms with E-state index in [2.05, 4.69) is 5.32 Å². The highest BCUT2D eigenvalue weighted by Crippen LogP contribution is 2.38. The number of benzene rings is 1. The van der Waals surface area contributed by atoms with Gasteiger partial charge in [-0.15, -0.1) is 0 Å². The van der Waals surface area contributed by atoms with Gasteiger partial charge in [0.1, 0.15) is 12.0 Å². The summed E-state index contributed by atoms with van der Waals surface area (Å²) in [4.78, 5) is 0. The van der Waals surface area contributed by atoms with Crippen molar-refractivity contribution in [1.82, 2.24) is 5.32 Å². The monoisotopic (exact) mass is 277 g/mol. The number of aliphatic hydroxyl groups is 2. The van der Waals surface area contributed by atoms with Crippen LogP contribution in [-0.2, 0) is 0 Å². The van der Waals surface area contributed by atoms with E-state index in [1.54, 1.807) is 14.2 Å². The number of ether oxygens (including phenoxy) is 1. The van der Waals surface area contributed by atoms with E-state index in [4.69, 9.17) is 4.74 Å². The van der Waals surface area contributed by atoms with Gasteiger partial charge in [-0.2, -0.15) is 0 Å². The molecule has 0 aliphatic heterocycles. The van der Waals surface area contributed by atoms with Crippen molar-refractivity contribution in [2.24, 2.45) is 0 Å². The normalized spacial score (nSPS) is 25.2. The van der Waals surface area contributed by atoms with Crippen LogP contribution >= 0.6 is 0 Å². The maximum atomic E-state index is 10.9. The fraction of sp³-hybridized carbons (Fsp3) is 0.500. The van der Waals surface area contributed by atoms with Crippen molar-refractivity contribution < 1.29 is 14.9 Å². The summed E-state index contributed by atoms with van der Waals surface area (Å²) in [5.74, 6) is 0.354. The first kappa shape index (κ1) is 15.0. The number of hydrogen-bond acceptors (Lipinski definition) is 4. The molecule has 0 bridgehead atoms. The van der Waals surface area contributed by atoms with Crippen molar-refractivity contribution >= 4 is 0 Å². The Hall–Kier alpha value is -1.36. The number of hydrogen-bond donors (Lipinski definition) is 3. The zero-order valence-electron chi connectivity index (χ0n) is 12.0. The fourth-order valence-corrected chi connectivity index (χ4v) is 2.86. The van der Waals surface area contributed by atoms with E-state index in [-0.39, 0.29) is 0 Å². The number of rotatable bonds is 5. The average Bonchev–Trinajstić information content (AvgIpc) is 2.48. The number of nitrogens with one attached hydrogen (secondary N) is 1. The van der Waals surface area contributed by atoms with Gasteiger partial charge in [-0.3, -0.25) is 5.32 Å². The first-order valence-corrected chi connectivity index (χ1v) is 7.00. The molecule has 1 aliphatic carbocycles. The molecule has 0 spiro atoms. The highest BCUT2D eigenvalue weighted by molar-refractivity contribution is 5.33. The van der Waals surface area contributed by atoms with E-state index >= 15 is 0 Å². The Balaban J connectivity index is 2.36. The fourth-order valence-electron chi connectivity index (χ4n) is 2.86. The summed E-state index contributed by atoms with van der Waals surface area (Å²) in [7, 11) is 3.31. The number of likely N-dealkylation sites (N-methyl/N-ethyl adjacent to an activating group) is 1. The van der Waals surface area contributed by atoms with Crippen molar-refractivity contribution in [1.29, 1.82) is 0 Å². The second kappa shape index (κ2) is 6.39. The summed E-state index contributed by atoms with van der Waals surface area (Å²) in [5, 5.41) is 24.0. The minimum atomic E-state index is -1.02. The molecule has 1 aromatic carbocycles. The summed E-state index contributed by atoms with van der Waals surface area (Å²) in [6.07, 6.45) is 5.56. The lowest BCUT2D eigenvalue weighted by Crippen LogP contribution is -2.46. The molecule has 3 atom stereocenters. The molecule has 0 aromatic heterocycles. The quantitative estimate of drug-likeness (QED) is 0.567. The van der Waals surface area contributed by atoms with Gasteiger partial charge in [0.25, 0.3) is 0 Å². The van der Waals surface area contributed by atoms with Crippen LogP contribution in [0.25, 0.3) is 0 Å². The van der Waals surface area contributed by atoms with E-state index in [1.165, 1.54) is 0 Å². The third-order valence-electron chi connectivity index (χ3n) is 3.98. The van der Waals surface area contributed by atoms with E-state index in [0.717, 1.165) is 24.2 Å². The van der Waals surface area contributed by atoms with Crippen LogP contribution in [-0.4, -0.2) is 36.2 Å². The smallest absolute Gasteiger partial charge is 0.118 e. The standard InChI is InChI=1S/C16H23NO3/c1-17-15(18)14(16(19)10-4-3-5-11-16)12-6-8-13(20-2)9-7-12/h4,6-10,14-15,17-19H,3,5,11H2,1-2H3. The molecule has 0 saturated carbocycles. The zero-order chi connectivity index (χ0) is 14.6. The van der Waals surface area contributed by atoms with Crippen LogP contribution in [0.2, 0.25) is 0 Å².